The average Bonchev–Trinajstić information content (AvgIpc) is 3.23. The quantitative estimate of drug-likeness (QED) is 0.368. The van der Waals surface area contributed by atoms with Gasteiger partial charge in [-0.2, -0.15) is 9.50 Å². The van der Waals surface area contributed by atoms with E-state index in [1.165, 1.54) is 29.7 Å². The molecule has 150 valence electrons. The van der Waals surface area contributed by atoms with Crippen LogP contribution in [0.1, 0.15) is 19.4 Å². The molecule has 0 saturated heterocycles. The van der Waals surface area contributed by atoms with E-state index in [0.717, 1.165) is 5.56 Å². The molecule has 0 unspecified atom stereocenters. The number of nitrogens with zero attached hydrogens (tertiary/aromatic N) is 3. The molecule has 8 nitrogen and oxygen atoms in total. The Bertz CT molecular complexity index is 1370. The summed E-state index contributed by atoms with van der Waals surface area (Å²) in [5, 5.41) is 4.29. The predicted molar refractivity (Wildman–Crippen MR) is 110 cm³/mol. The lowest BCUT2D eigenvalue weighted by atomic mass is 10.2. The number of carbonyl (C=O) groups is 2. The summed E-state index contributed by atoms with van der Waals surface area (Å²) in [5.41, 5.74) is 0.991. The first kappa shape index (κ1) is 19.5. The maximum atomic E-state index is 12.7. The smallest absolute Gasteiger partial charge is 0.308 e. The second kappa shape index (κ2) is 7.88. The largest absolute Gasteiger partial charge is 0.427 e. The van der Waals surface area contributed by atoms with Crippen molar-refractivity contribution < 1.29 is 19.1 Å². The van der Waals surface area contributed by atoms with Crippen LogP contribution in [-0.2, 0) is 9.59 Å². The highest BCUT2D eigenvalue weighted by molar-refractivity contribution is 7.15. The van der Waals surface area contributed by atoms with Crippen molar-refractivity contribution in [3.05, 3.63) is 69.0 Å². The van der Waals surface area contributed by atoms with Crippen molar-refractivity contribution >= 4 is 34.3 Å². The van der Waals surface area contributed by atoms with Crippen molar-refractivity contribution in [1.29, 1.82) is 0 Å². The summed E-state index contributed by atoms with van der Waals surface area (Å²) >= 11 is 1.20. The molecule has 0 N–H and O–H groups in total. The molecule has 0 spiro atoms. The minimum atomic E-state index is -0.454. The number of benzene rings is 2. The van der Waals surface area contributed by atoms with Gasteiger partial charge in [0.15, 0.2) is 5.82 Å². The number of aromatic nitrogens is 3. The van der Waals surface area contributed by atoms with Gasteiger partial charge in [0.2, 0.25) is 4.96 Å². The number of para-hydroxylation sites is 1. The minimum absolute atomic E-state index is 0.299. The van der Waals surface area contributed by atoms with Gasteiger partial charge in [0, 0.05) is 13.8 Å². The Kier molecular flexibility index (Phi) is 5.11. The molecule has 2 heterocycles. The highest BCUT2D eigenvalue weighted by Crippen LogP contribution is 2.27. The standard InChI is InChI=1S/C21H15N3O5S/c1-12(25)28-15-9-7-14(8-10-15)11-18-20(27)24-21(30-18)22-19(23-24)16-5-3-4-6-17(16)29-13(2)26/h3-11H,1-2H3/b18-11-. The van der Waals surface area contributed by atoms with Crippen LogP contribution >= 0.6 is 11.3 Å². The molecule has 0 radical (unpaired) electrons. The Hall–Kier alpha value is -3.85. The third-order valence-corrected chi connectivity index (χ3v) is 4.96. The fourth-order valence-corrected chi connectivity index (χ4v) is 3.70. The van der Waals surface area contributed by atoms with Crippen molar-refractivity contribution in [3.63, 3.8) is 0 Å². The molecule has 4 aromatic rings. The third kappa shape index (κ3) is 3.96. The second-order valence-corrected chi connectivity index (χ2v) is 7.31. The zero-order chi connectivity index (χ0) is 21.3. The van der Waals surface area contributed by atoms with Gasteiger partial charge in [-0.25, -0.2) is 0 Å². The van der Waals surface area contributed by atoms with E-state index in [1.54, 1.807) is 54.6 Å². The van der Waals surface area contributed by atoms with Crippen molar-refractivity contribution in [3.8, 4) is 22.9 Å². The normalized spacial score (nSPS) is 11.6. The summed E-state index contributed by atoms with van der Waals surface area (Å²) < 4.78 is 11.9. The summed E-state index contributed by atoms with van der Waals surface area (Å²) in [6, 6.07) is 13.7. The van der Waals surface area contributed by atoms with Gasteiger partial charge in [0.05, 0.1) is 10.1 Å². The minimum Gasteiger partial charge on any atom is -0.427 e. The fraction of sp³-hybridized carbons (Fsp3) is 0.0952. The Labute approximate surface area is 174 Å². The van der Waals surface area contributed by atoms with Gasteiger partial charge in [-0.3, -0.25) is 14.4 Å². The highest BCUT2D eigenvalue weighted by Gasteiger charge is 2.16. The molecule has 0 fully saturated rings. The molecule has 0 aliphatic rings. The Morgan fingerprint density at radius 3 is 2.37 bits per heavy atom. The van der Waals surface area contributed by atoms with Gasteiger partial charge in [0.1, 0.15) is 11.5 Å². The van der Waals surface area contributed by atoms with Crippen LogP contribution in [-0.4, -0.2) is 26.5 Å². The van der Waals surface area contributed by atoms with E-state index in [9.17, 15) is 14.4 Å². The van der Waals surface area contributed by atoms with Crippen LogP contribution in [0.3, 0.4) is 0 Å². The molecule has 0 saturated carbocycles. The van der Waals surface area contributed by atoms with E-state index in [1.807, 2.05) is 0 Å². The van der Waals surface area contributed by atoms with E-state index in [-0.39, 0.29) is 5.56 Å². The number of fused-ring (bicyclic) bond motifs is 1. The summed E-state index contributed by atoms with van der Waals surface area (Å²) in [7, 11) is 0. The van der Waals surface area contributed by atoms with Gasteiger partial charge in [-0.15, -0.1) is 5.10 Å². The van der Waals surface area contributed by atoms with E-state index in [4.69, 9.17) is 9.47 Å². The molecular formula is C21H15N3O5S. The van der Waals surface area contributed by atoms with Crippen LogP contribution in [0.5, 0.6) is 11.5 Å². The summed E-state index contributed by atoms with van der Waals surface area (Å²) in [5.74, 6) is 0.207. The zero-order valence-corrected chi connectivity index (χ0v) is 16.8. The van der Waals surface area contributed by atoms with Crippen molar-refractivity contribution in [2.75, 3.05) is 0 Å². The number of thiazole rings is 1. The van der Waals surface area contributed by atoms with E-state index < -0.39 is 11.9 Å². The maximum absolute atomic E-state index is 12.7. The van der Waals surface area contributed by atoms with Crippen LogP contribution in [0.15, 0.2) is 53.3 Å². The van der Waals surface area contributed by atoms with Crippen LogP contribution in [0.4, 0.5) is 0 Å². The SMILES string of the molecule is CC(=O)Oc1ccc(/C=c2\sc3nc(-c4ccccc4OC(C)=O)nn3c2=O)cc1. The number of hydrogen-bond donors (Lipinski definition) is 0. The van der Waals surface area contributed by atoms with Gasteiger partial charge in [-0.1, -0.05) is 35.6 Å². The van der Waals surface area contributed by atoms with Gasteiger partial charge < -0.3 is 9.47 Å². The van der Waals surface area contributed by atoms with Crippen LogP contribution < -0.4 is 19.6 Å². The second-order valence-electron chi connectivity index (χ2n) is 6.30. The molecule has 2 aromatic carbocycles. The first-order valence-corrected chi connectivity index (χ1v) is 9.70. The molecule has 4 rings (SSSR count). The molecule has 30 heavy (non-hydrogen) atoms. The fourth-order valence-electron chi connectivity index (χ4n) is 2.79. The Morgan fingerprint density at radius 1 is 1.00 bits per heavy atom. The zero-order valence-electron chi connectivity index (χ0n) is 16.0. The van der Waals surface area contributed by atoms with Crippen molar-refractivity contribution in [2.45, 2.75) is 13.8 Å². The monoisotopic (exact) mass is 421 g/mol. The molecule has 9 heteroatoms. The Morgan fingerprint density at radius 2 is 1.70 bits per heavy atom. The van der Waals surface area contributed by atoms with Crippen LogP contribution in [0.2, 0.25) is 0 Å². The summed E-state index contributed by atoms with van der Waals surface area (Å²) in [6.45, 7) is 2.64. The number of hydrogen-bond acceptors (Lipinski definition) is 8. The predicted octanol–water partition coefficient (Wildman–Crippen LogP) is 2.22. The lowest BCUT2D eigenvalue weighted by Gasteiger charge is -2.04. The first-order chi connectivity index (χ1) is 14.4. The lowest BCUT2D eigenvalue weighted by molar-refractivity contribution is -0.132. The van der Waals surface area contributed by atoms with Crippen molar-refractivity contribution in [1.82, 2.24) is 14.6 Å². The molecule has 0 atom stereocenters. The van der Waals surface area contributed by atoms with E-state index in [2.05, 4.69) is 10.1 Å². The topological polar surface area (TPSA) is 99.9 Å². The lowest BCUT2D eigenvalue weighted by Crippen LogP contribution is -2.23. The Balaban J connectivity index is 1.70. The van der Waals surface area contributed by atoms with Gasteiger partial charge in [-0.05, 0) is 35.9 Å². The van der Waals surface area contributed by atoms with Gasteiger partial charge in [0.25, 0.3) is 5.56 Å². The summed E-state index contributed by atoms with van der Waals surface area (Å²) in [6.07, 6.45) is 1.72. The average molecular weight is 421 g/mol. The van der Waals surface area contributed by atoms with E-state index in [0.29, 0.717) is 32.4 Å². The number of rotatable bonds is 4. The molecule has 0 aliphatic carbocycles. The number of carbonyl (C=O) groups excluding carboxylic acids is 2. The number of ether oxygens (including phenoxy) is 2. The molecule has 0 amide bonds. The first-order valence-electron chi connectivity index (χ1n) is 8.88. The molecular weight excluding hydrogens is 406 g/mol. The van der Waals surface area contributed by atoms with Gasteiger partial charge >= 0.3 is 11.9 Å². The van der Waals surface area contributed by atoms with Crippen LogP contribution in [0, 0.1) is 0 Å². The molecule has 2 aromatic heterocycles. The van der Waals surface area contributed by atoms with Crippen molar-refractivity contribution in [2.24, 2.45) is 0 Å². The maximum Gasteiger partial charge on any atom is 0.308 e. The molecule has 0 bridgehead atoms. The third-order valence-electron chi connectivity index (χ3n) is 4.00. The molecule has 0 aliphatic heterocycles. The number of esters is 2. The van der Waals surface area contributed by atoms with Crippen LogP contribution in [0.25, 0.3) is 22.4 Å². The highest BCUT2D eigenvalue weighted by atomic mass is 32.1. The summed E-state index contributed by atoms with van der Waals surface area (Å²) in [4.78, 5) is 39.9. The van der Waals surface area contributed by atoms with E-state index >= 15 is 0 Å².